The molecule has 2 aliphatic heterocycles. The topological polar surface area (TPSA) is 41.4 Å². The zero-order valence-electron chi connectivity index (χ0n) is 15.7. The normalized spacial score (nSPS) is 24.9. The lowest BCUT2D eigenvalue weighted by Crippen LogP contribution is -2.48. The lowest BCUT2D eigenvalue weighted by molar-refractivity contribution is -0.133. The summed E-state index contributed by atoms with van der Waals surface area (Å²) >= 11 is 0. The van der Waals surface area contributed by atoms with Gasteiger partial charge in [0, 0.05) is 37.8 Å². The van der Waals surface area contributed by atoms with Crippen LogP contribution in [0.5, 0.6) is 0 Å². The van der Waals surface area contributed by atoms with Crippen LogP contribution in [0.1, 0.15) is 56.0 Å². The summed E-state index contributed by atoms with van der Waals surface area (Å²) in [5.74, 6) is 0.336. The van der Waals surface area contributed by atoms with Crippen LogP contribution in [0, 0.1) is 13.8 Å². The van der Waals surface area contributed by atoms with Gasteiger partial charge in [0.25, 0.3) is 0 Å². The Hall–Kier alpha value is -1.36. The largest absolute Gasteiger partial charge is 0.338 e. The molecule has 3 rings (SSSR count). The van der Waals surface area contributed by atoms with E-state index < -0.39 is 0 Å². The number of amides is 1. The highest BCUT2D eigenvalue weighted by molar-refractivity contribution is 5.77. The highest BCUT2D eigenvalue weighted by Crippen LogP contribution is 2.30. The molecule has 24 heavy (non-hydrogen) atoms. The Kier molecular flexibility index (Phi) is 5.28. The standard InChI is InChI=1S/C19H32N4O/c1-5-22-12-6-8-17(22)18-9-7-13-23(18)19(24)11-10-16-14(2)20-21(4)15(16)3/h17-18H,5-13H2,1-4H3/t17-,18+/m0/s1. The lowest BCUT2D eigenvalue weighted by Gasteiger charge is -2.34. The van der Waals surface area contributed by atoms with E-state index in [2.05, 4.69) is 28.7 Å². The molecule has 5 heteroatoms. The molecule has 0 aliphatic carbocycles. The van der Waals surface area contributed by atoms with Crippen molar-refractivity contribution in [2.24, 2.45) is 7.05 Å². The summed E-state index contributed by atoms with van der Waals surface area (Å²) in [5.41, 5.74) is 3.50. The molecule has 134 valence electrons. The molecule has 2 atom stereocenters. The third kappa shape index (κ3) is 3.23. The van der Waals surface area contributed by atoms with E-state index in [0.29, 0.717) is 24.4 Å². The van der Waals surface area contributed by atoms with E-state index in [0.717, 1.165) is 31.6 Å². The molecule has 0 bridgehead atoms. The van der Waals surface area contributed by atoms with Crippen molar-refractivity contribution in [1.29, 1.82) is 0 Å². The number of rotatable bonds is 5. The SMILES string of the molecule is CCN1CCC[C@H]1[C@H]1CCCN1C(=O)CCc1c(C)nn(C)c1C. The molecule has 5 nitrogen and oxygen atoms in total. The number of nitrogens with zero attached hydrogens (tertiary/aromatic N) is 4. The minimum atomic E-state index is 0.336. The maximum absolute atomic E-state index is 12.9. The summed E-state index contributed by atoms with van der Waals surface area (Å²) in [5, 5.41) is 4.47. The van der Waals surface area contributed by atoms with Crippen molar-refractivity contribution in [1.82, 2.24) is 19.6 Å². The highest BCUT2D eigenvalue weighted by atomic mass is 16.2. The second kappa shape index (κ2) is 7.26. The van der Waals surface area contributed by atoms with Gasteiger partial charge in [0.2, 0.25) is 5.91 Å². The van der Waals surface area contributed by atoms with Crippen molar-refractivity contribution in [2.75, 3.05) is 19.6 Å². The van der Waals surface area contributed by atoms with Gasteiger partial charge in [-0.2, -0.15) is 5.10 Å². The van der Waals surface area contributed by atoms with Gasteiger partial charge in [-0.1, -0.05) is 6.92 Å². The molecule has 1 amide bonds. The molecule has 0 aromatic carbocycles. The zero-order chi connectivity index (χ0) is 17.3. The number of likely N-dealkylation sites (N-methyl/N-ethyl adjacent to an activating group) is 1. The molecular weight excluding hydrogens is 300 g/mol. The molecule has 1 aromatic heterocycles. The molecule has 2 fully saturated rings. The molecule has 0 spiro atoms. The van der Waals surface area contributed by atoms with Crippen LogP contribution in [0.3, 0.4) is 0 Å². The van der Waals surface area contributed by atoms with E-state index >= 15 is 0 Å². The highest BCUT2D eigenvalue weighted by Gasteiger charge is 2.38. The molecule has 1 aromatic rings. The summed E-state index contributed by atoms with van der Waals surface area (Å²) in [4.78, 5) is 17.7. The Morgan fingerprint density at radius 3 is 2.54 bits per heavy atom. The van der Waals surface area contributed by atoms with E-state index in [-0.39, 0.29) is 0 Å². The molecule has 0 radical (unpaired) electrons. The van der Waals surface area contributed by atoms with Gasteiger partial charge in [0.1, 0.15) is 0 Å². The fourth-order valence-electron chi connectivity index (χ4n) is 4.74. The Bertz CT molecular complexity index is 594. The molecule has 3 heterocycles. The number of carbonyl (C=O) groups excluding carboxylic acids is 1. The van der Waals surface area contributed by atoms with Crippen LogP contribution >= 0.6 is 0 Å². The van der Waals surface area contributed by atoms with Crippen LogP contribution in [0.25, 0.3) is 0 Å². The number of hydrogen-bond donors (Lipinski definition) is 0. The quantitative estimate of drug-likeness (QED) is 0.832. The van der Waals surface area contributed by atoms with Crippen molar-refractivity contribution < 1.29 is 4.79 Å². The maximum atomic E-state index is 12.9. The second-order valence-electron chi connectivity index (χ2n) is 7.41. The first-order valence-electron chi connectivity index (χ1n) is 9.55. The van der Waals surface area contributed by atoms with Crippen LogP contribution in [-0.4, -0.2) is 57.2 Å². The Morgan fingerprint density at radius 1 is 1.17 bits per heavy atom. The summed E-state index contributed by atoms with van der Waals surface area (Å²) in [6, 6.07) is 1.03. The third-order valence-corrected chi connectivity index (χ3v) is 6.13. The van der Waals surface area contributed by atoms with Crippen molar-refractivity contribution >= 4 is 5.91 Å². The van der Waals surface area contributed by atoms with Crippen LogP contribution in [0.15, 0.2) is 0 Å². The number of hydrogen-bond acceptors (Lipinski definition) is 3. The number of aryl methyl sites for hydroxylation is 2. The fraction of sp³-hybridized carbons (Fsp3) is 0.789. The van der Waals surface area contributed by atoms with Gasteiger partial charge >= 0.3 is 0 Å². The first-order chi connectivity index (χ1) is 11.5. The number of aromatic nitrogens is 2. The average Bonchev–Trinajstić information content (AvgIpc) is 3.26. The molecule has 2 aliphatic rings. The van der Waals surface area contributed by atoms with E-state index in [9.17, 15) is 4.79 Å². The van der Waals surface area contributed by atoms with Crippen LogP contribution in [0.2, 0.25) is 0 Å². The molecular formula is C19H32N4O. The minimum absolute atomic E-state index is 0.336. The van der Waals surface area contributed by atoms with Gasteiger partial charge in [0.05, 0.1) is 5.69 Å². The van der Waals surface area contributed by atoms with Crippen LogP contribution in [-0.2, 0) is 18.3 Å². The van der Waals surface area contributed by atoms with E-state index in [1.165, 1.54) is 37.1 Å². The van der Waals surface area contributed by atoms with Gasteiger partial charge in [-0.25, -0.2) is 0 Å². The lowest BCUT2D eigenvalue weighted by atomic mass is 10.0. The smallest absolute Gasteiger partial charge is 0.223 e. The van der Waals surface area contributed by atoms with Gasteiger partial charge < -0.3 is 4.90 Å². The first-order valence-corrected chi connectivity index (χ1v) is 9.55. The minimum Gasteiger partial charge on any atom is -0.338 e. The summed E-state index contributed by atoms with van der Waals surface area (Å²) < 4.78 is 1.92. The molecule has 0 saturated carbocycles. The van der Waals surface area contributed by atoms with Crippen molar-refractivity contribution in [2.45, 2.75) is 71.4 Å². The molecule has 2 saturated heterocycles. The van der Waals surface area contributed by atoms with Crippen LogP contribution < -0.4 is 0 Å². The fourth-order valence-corrected chi connectivity index (χ4v) is 4.74. The van der Waals surface area contributed by atoms with E-state index in [1.54, 1.807) is 0 Å². The van der Waals surface area contributed by atoms with Gasteiger partial charge in [-0.3, -0.25) is 14.4 Å². The maximum Gasteiger partial charge on any atom is 0.223 e. The van der Waals surface area contributed by atoms with Crippen molar-refractivity contribution in [3.63, 3.8) is 0 Å². The average molecular weight is 332 g/mol. The second-order valence-corrected chi connectivity index (χ2v) is 7.41. The van der Waals surface area contributed by atoms with Gasteiger partial charge in [-0.15, -0.1) is 0 Å². The predicted molar refractivity (Wildman–Crippen MR) is 96.0 cm³/mol. The Morgan fingerprint density at radius 2 is 1.88 bits per heavy atom. The van der Waals surface area contributed by atoms with Crippen molar-refractivity contribution in [3.8, 4) is 0 Å². The molecule has 0 N–H and O–H groups in total. The van der Waals surface area contributed by atoms with Crippen molar-refractivity contribution in [3.05, 3.63) is 17.0 Å². The first kappa shape index (κ1) is 17.5. The number of carbonyl (C=O) groups is 1. The zero-order valence-corrected chi connectivity index (χ0v) is 15.7. The molecule has 0 unspecified atom stereocenters. The van der Waals surface area contributed by atoms with Gasteiger partial charge in [0.15, 0.2) is 0 Å². The van der Waals surface area contributed by atoms with E-state index in [1.807, 2.05) is 18.7 Å². The van der Waals surface area contributed by atoms with Gasteiger partial charge in [-0.05, 0) is 64.6 Å². The van der Waals surface area contributed by atoms with Crippen LogP contribution in [0.4, 0.5) is 0 Å². The third-order valence-electron chi connectivity index (χ3n) is 6.13. The summed E-state index contributed by atoms with van der Waals surface area (Å²) in [6.45, 7) is 9.64. The summed E-state index contributed by atoms with van der Waals surface area (Å²) in [6.07, 6.45) is 6.31. The summed E-state index contributed by atoms with van der Waals surface area (Å²) in [7, 11) is 1.98. The Balaban J connectivity index is 1.63. The van der Waals surface area contributed by atoms with E-state index in [4.69, 9.17) is 0 Å². The predicted octanol–water partition coefficient (Wildman–Crippen LogP) is 2.44. The Labute approximate surface area is 146 Å². The number of likely N-dealkylation sites (tertiary alicyclic amines) is 2. The monoisotopic (exact) mass is 332 g/mol.